The van der Waals surface area contributed by atoms with E-state index in [0.717, 1.165) is 12.0 Å². The van der Waals surface area contributed by atoms with Crippen molar-refractivity contribution in [3.63, 3.8) is 0 Å². The maximum absolute atomic E-state index is 12.0. The van der Waals surface area contributed by atoms with Gasteiger partial charge in [0.05, 0.1) is 6.20 Å². The van der Waals surface area contributed by atoms with Crippen LogP contribution in [0, 0.1) is 0 Å². The fraction of sp³-hybridized carbons (Fsp3) is 0.231. The molecule has 0 saturated heterocycles. The van der Waals surface area contributed by atoms with E-state index < -0.39 is 0 Å². The zero-order valence-corrected chi connectivity index (χ0v) is 10.2. The summed E-state index contributed by atoms with van der Waals surface area (Å²) < 4.78 is 0. The van der Waals surface area contributed by atoms with Gasteiger partial charge in [0.2, 0.25) is 0 Å². The summed E-state index contributed by atoms with van der Waals surface area (Å²) in [6.07, 6.45) is 8.84. The predicted molar refractivity (Wildman–Crippen MR) is 66.9 cm³/mol. The van der Waals surface area contributed by atoms with Crippen LogP contribution in [0.2, 0.25) is 0 Å². The first kappa shape index (κ1) is 12.2. The normalized spacial score (nSPS) is 10.1. The Kier molecular flexibility index (Phi) is 3.96. The van der Waals surface area contributed by atoms with Crippen molar-refractivity contribution in [1.29, 1.82) is 0 Å². The fourth-order valence-corrected chi connectivity index (χ4v) is 1.55. The quantitative estimate of drug-likeness (QED) is 0.808. The van der Waals surface area contributed by atoms with Crippen LogP contribution in [0.4, 0.5) is 0 Å². The van der Waals surface area contributed by atoms with Crippen molar-refractivity contribution in [2.24, 2.45) is 0 Å². The number of rotatable bonds is 4. The minimum Gasteiger partial charge on any atom is -0.340 e. The van der Waals surface area contributed by atoms with Crippen LogP contribution < -0.4 is 0 Å². The molecule has 18 heavy (non-hydrogen) atoms. The maximum atomic E-state index is 12.0. The largest absolute Gasteiger partial charge is 0.340 e. The monoisotopic (exact) mass is 242 g/mol. The zero-order valence-electron chi connectivity index (χ0n) is 10.2. The van der Waals surface area contributed by atoms with Gasteiger partial charge in [-0.15, -0.1) is 0 Å². The number of nitrogens with zero attached hydrogens (tertiary/aromatic N) is 4. The first-order chi connectivity index (χ1) is 8.77. The van der Waals surface area contributed by atoms with Crippen LogP contribution in [0.15, 0.2) is 43.1 Å². The van der Waals surface area contributed by atoms with Gasteiger partial charge in [0.1, 0.15) is 5.69 Å². The van der Waals surface area contributed by atoms with E-state index in [1.807, 2.05) is 12.1 Å². The highest BCUT2D eigenvalue weighted by Crippen LogP contribution is 2.02. The van der Waals surface area contributed by atoms with Gasteiger partial charge in [-0.25, -0.2) is 4.98 Å². The fourth-order valence-electron chi connectivity index (χ4n) is 1.55. The van der Waals surface area contributed by atoms with Gasteiger partial charge in [0, 0.05) is 38.4 Å². The maximum Gasteiger partial charge on any atom is 0.273 e. The Balaban J connectivity index is 1.93. The standard InChI is InChI=1S/C13H14N4O/c1-17(9-4-11-2-5-14-6-3-11)13(18)12-10-15-7-8-16-12/h2-3,5-8,10H,4,9H2,1H3. The third-order valence-corrected chi connectivity index (χ3v) is 2.61. The summed E-state index contributed by atoms with van der Waals surface area (Å²) in [5.74, 6) is -0.114. The summed E-state index contributed by atoms with van der Waals surface area (Å²) in [5.41, 5.74) is 1.53. The molecule has 0 aliphatic heterocycles. The predicted octanol–water partition coefficient (Wildman–Crippen LogP) is 1.19. The molecule has 0 bridgehead atoms. The van der Waals surface area contributed by atoms with Crippen LogP contribution in [-0.2, 0) is 6.42 Å². The van der Waals surface area contributed by atoms with Gasteiger partial charge >= 0.3 is 0 Å². The van der Waals surface area contributed by atoms with Crippen LogP contribution in [-0.4, -0.2) is 39.4 Å². The molecule has 5 heteroatoms. The van der Waals surface area contributed by atoms with Crippen molar-refractivity contribution < 1.29 is 4.79 Å². The van der Waals surface area contributed by atoms with Crippen LogP contribution in [0.1, 0.15) is 16.1 Å². The Morgan fingerprint density at radius 2 is 1.94 bits per heavy atom. The number of hydrogen-bond acceptors (Lipinski definition) is 4. The van der Waals surface area contributed by atoms with Gasteiger partial charge in [-0.2, -0.15) is 0 Å². The smallest absolute Gasteiger partial charge is 0.273 e. The SMILES string of the molecule is CN(CCc1ccncc1)C(=O)c1cnccn1. The van der Waals surface area contributed by atoms with Crippen molar-refractivity contribution in [3.8, 4) is 0 Å². The van der Waals surface area contributed by atoms with Gasteiger partial charge < -0.3 is 4.90 Å². The van der Waals surface area contributed by atoms with Gasteiger partial charge in [-0.3, -0.25) is 14.8 Å². The number of amides is 1. The average molecular weight is 242 g/mol. The second-order valence-corrected chi connectivity index (χ2v) is 3.92. The minimum absolute atomic E-state index is 0.114. The van der Waals surface area contributed by atoms with Crippen molar-refractivity contribution in [3.05, 3.63) is 54.4 Å². The van der Waals surface area contributed by atoms with Gasteiger partial charge in [-0.1, -0.05) is 0 Å². The van der Waals surface area contributed by atoms with Gasteiger partial charge in [0.15, 0.2) is 0 Å². The molecule has 0 aliphatic rings. The summed E-state index contributed by atoms with van der Waals surface area (Å²) in [4.78, 5) is 25.5. The molecule has 0 atom stereocenters. The van der Waals surface area contributed by atoms with Gasteiger partial charge in [-0.05, 0) is 24.1 Å². The molecule has 0 aromatic carbocycles. The highest BCUT2D eigenvalue weighted by molar-refractivity contribution is 5.91. The Bertz CT molecular complexity index is 501. The molecule has 2 heterocycles. The molecule has 92 valence electrons. The lowest BCUT2D eigenvalue weighted by Gasteiger charge is -2.16. The lowest BCUT2D eigenvalue weighted by atomic mass is 10.2. The van der Waals surface area contributed by atoms with Crippen molar-refractivity contribution in [2.75, 3.05) is 13.6 Å². The zero-order chi connectivity index (χ0) is 12.8. The molecule has 0 unspecified atom stereocenters. The second kappa shape index (κ2) is 5.86. The molecule has 2 aromatic heterocycles. The molecular formula is C13H14N4O. The first-order valence-corrected chi connectivity index (χ1v) is 5.68. The van der Waals surface area contributed by atoms with E-state index in [2.05, 4.69) is 15.0 Å². The molecule has 0 saturated carbocycles. The molecular weight excluding hydrogens is 228 g/mol. The average Bonchev–Trinajstić information content (AvgIpc) is 2.46. The molecule has 2 rings (SSSR count). The summed E-state index contributed by atoms with van der Waals surface area (Å²) in [6.45, 7) is 0.638. The Hall–Kier alpha value is -2.30. The van der Waals surface area contributed by atoms with E-state index in [-0.39, 0.29) is 5.91 Å². The van der Waals surface area contributed by atoms with Crippen LogP contribution in [0.3, 0.4) is 0 Å². The topological polar surface area (TPSA) is 59.0 Å². The molecule has 1 amide bonds. The summed E-state index contributed by atoms with van der Waals surface area (Å²) in [7, 11) is 1.76. The lowest BCUT2D eigenvalue weighted by molar-refractivity contribution is 0.0790. The number of hydrogen-bond donors (Lipinski definition) is 0. The Labute approximate surface area is 106 Å². The molecule has 2 aromatic rings. The van der Waals surface area contributed by atoms with Crippen molar-refractivity contribution in [1.82, 2.24) is 19.9 Å². The number of carbonyl (C=O) groups excluding carboxylic acids is 1. The Morgan fingerprint density at radius 3 is 2.61 bits per heavy atom. The third kappa shape index (κ3) is 3.10. The number of aromatic nitrogens is 3. The van der Waals surface area contributed by atoms with E-state index in [9.17, 15) is 4.79 Å². The summed E-state index contributed by atoms with van der Waals surface area (Å²) in [5, 5.41) is 0. The molecule has 0 spiro atoms. The third-order valence-electron chi connectivity index (χ3n) is 2.61. The van der Waals surface area contributed by atoms with E-state index >= 15 is 0 Å². The number of carbonyl (C=O) groups is 1. The van der Waals surface area contributed by atoms with Gasteiger partial charge in [0.25, 0.3) is 5.91 Å². The van der Waals surface area contributed by atoms with Crippen molar-refractivity contribution in [2.45, 2.75) is 6.42 Å². The Morgan fingerprint density at radius 1 is 1.17 bits per heavy atom. The molecule has 0 N–H and O–H groups in total. The van der Waals surface area contributed by atoms with E-state index in [1.54, 1.807) is 30.5 Å². The van der Waals surface area contributed by atoms with E-state index in [1.165, 1.54) is 12.4 Å². The highest BCUT2D eigenvalue weighted by Gasteiger charge is 2.12. The number of pyridine rings is 1. The highest BCUT2D eigenvalue weighted by atomic mass is 16.2. The summed E-state index contributed by atoms with van der Waals surface area (Å²) in [6, 6.07) is 3.89. The molecule has 0 aliphatic carbocycles. The first-order valence-electron chi connectivity index (χ1n) is 5.68. The van der Waals surface area contributed by atoms with Crippen LogP contribution in [0.5, 0.6) is 0 Å². The second-order valence-electron chi connectivity index (χ2n) is 3.92. The minimum atomic E-state index is -0.114. The lowest BCUT2D eigenvalue weighted by Crippen LogP contribution is -2.29. The van der Waals surface area contributed by atoms with Crippen LogP contribution >= 0.6 is 0 Å². The van der Waals surface area contributed by atoms with Crippen molar-refractivity contribution >= 4 is 5.91 Å². The van der Waals surface area contributed by atoms with E-state index in [4.69, 9.17) is 0 Å². The summed E-state index contributed by atoms with van der Waals surface area (Å²) >= 11 is 0. The number of likely N-dealkylation sites (N-methyl/N-ethyl adjacent to an activating group) is 1. The molecule has 5 nitrogen and oxygen atoms in total. The van der Waals surface area contributed by atoms with Crippen LogP contribution in [0.25, 0.3) is 0 Å². The molecule has 0 fully saturated rings. The van der Waals surface area contributed by atoms with E-state index in [0.29, 0.717) is 12.2 Å². The molecule has 0 radical (unpaired) electrons.